The van der Waals surface area contributed by atoms with Crippen molar-refractivity contribution in [1.29, 1.82) is 0 Å². The highest BCUT2D eigenvalue weighted by atomic mass is 14.8. The van der Waals surface area contributed by atoms with Gasteiger partial charge in [-0.2, -0.15) is 0 Å². The third-order valence-corrected chi connectivity index (χ3v) is 3.11. The molecule has 17 heavy (non-hydrogen) atoms. The van der Waals surface area contributed by atoms with Crippen LogP contribution < -0.4 is 0 Å². The monoisotopic (exact) mass is 229 g/mol. The van der Waals surface area contributed by atoms with Crippen LogP contribution in [0.4, 0.5) is 0 Å². The Morgan fingerprint density at radius 3 is 2.59 bits per heavy atom. The predicted molar refractivity (Wildman–Crippen MR) is 77.0 cm³/mol. The number of benzene rings is 1. The largest absolute Gasteiger partial charge is 0.283 e. The molecule has 0 atom stereocenters. The molecular weight excluding hydrogens is 206 g/mol. The molecule has 0 aromatic heterocycles. The molecule has 0 spiro atoms. The number of nitrogens with zero attached hydrogens (tertiary/aromatic N) is 1. The van der Waals surface area contributed by atoms with E-state index in [2.05, 4.69) is 59.4 Å². The molecule has 0 radical (unpaired) electrons. The lowest BCUT2D eigenvalue weighted by Gasteiger charge is -2.20. The van der Waals surface area contributed by atoms with E-state index in [9.17, 15) is 0 Å². The Morgan fingerprint density at radius 1 is 1.35 bits per heavy atom. The van der Waals surface area contributed by atoms with Gasteiger partial charge in [-0.15, -0.1) is 6.58 Å². The first-order valence-electron chi connectivity index (χ1n) is 6.11. The average molecular weight is 229 g/mol. The summed E-state index contributed by atoms with van der Waals surface area (Å²) in [5.41, 5.74) is 4.93. The summed E-state index contributed by atoms with van der Waals surface area (Å²) in [6.45, 7) is 14.5. The Bertz CT molecular complexity index is 439. The Balaban J connectivity index is 3.12. The Hall–Kier alpha value is -1.37. The van der Waals surface area contributed by atoms with Crippen molar-refractivity contribution in [2.75, 3.05) is 0 Å². The molecule has 92 valence electrons. The molecule has 0 saturated carbocycles. The second-order valence-corrected chi connectivity index (χ2v) is 5.25. The summed E-state index contributed by atoms with van der Waals surface area (Å²) in [4.78, 5) is 4.82. The van der Waals surface area contributed by atoms with Crippen LogP contribution >= 0.6 is 0 Å². The van der Waals surface area contributed by atoms with Crippen LogP contribution in [-0.4, -0.2) is 11.3 Å². The van der Waals surface area contributed by atoms with Gasteiger partial charge >= 0.3 is 0 Å². The first-order chi connectivity index (χ1) is 7.87. The van der Waals surface area contributed by atoms with Gasteiger partial charge in [0.25, 0.3) is 0 Å². The second kappa shape index (κ2) is 5.31. The number of hydrogen-bond donors (Lipinski definition) is 0. The van der Waals surface area contributed by atoms with Crippen LogP contribution in [0.3, 0.4) is 0 Å². The van der Waals surface area contributed by atoms with E-state index in [0.717, 1.165) is 12.1 Å². The molecule has 0 N–H and O–H groups in total. The van der Waals surface area contributed by atoms with Crippen molar-refractivity contribution in [3.63, 3.8) is 0 Å². The first-order valence-corrected chi connectivity index (χ1v) is 6.11. The summed E-state index contributed by atoms with van der Waals surface area (Å²) >= 11 is 0. The average Bonchev–Trinajstić information content (AvgIpc) is 2.21. The summed E-state index contributed by atoms with van der Waals surface area (Å²) in [5.74, 6) is 0. The molecule has 0 unspecified atom stereocenters. The topological polar surface area (TPSA) is 12.4 Å². The molecule has 1 heteroatoms. The molecule has 1 aromatic rings. The van der Waals surface area contributed by atoms with Gasteiger partial charge < -0.3 is 0 Å². The molecule has 0 bridgehead atoms. The smallest absolute Gasteiger partial charge is 0.0589 e. The molecule has 0 aliphatic carbocycles. The third-order valence-electron chi connectivity index (χ3n) is 3.11. The Morgan fingerprint density at radius 2 is 2.00 bits per heavy atom. The summed E-state index contributed by atoms with van der Waals surface area (Å²) in [6, 6.07) is 6.38. The van der Waals surface area contributed by atoms with Gasteiger partial charge in [-0.05, 0) is 57.7 Å². The maximum Gasteiger partial charge on any atom is 0.0589 e. The van der Waals surface area contributed by atoms with Crippen LogP contribution in [0, 0.1) is 13.8 Å². The summed E-state index contributed by atoms with van der Waals surface area (Å²) in [5, 5.41) is 0. The minimum Gasteiger partial charge on any atom is -0.283 e. The molecule has 1 rings (SSSR count). The van der Waals surface area contributed by atoms with E-state index in [1.807, 2.05) is 6.08 Å². The lowest BCUT2D eigenvalue weighted by molar-refractivity contribution is 0.532. The van der Waals surface area contributed by atoms with Crippen molar-refractivity contribution in [2.45, 2.75) is 46.6 Å². The van der Waals surface area contributed by atoms with Crippen LogP contribution in [0.5, 0.6) is 0 Å². The van der Waals surface area contributed by atoms with Gasteiger partial charge in [-0.3, -0.25) is 4.99 Å². The summed E-state index contributed by atoms with van der Waals surface area (Å²) in [7, 11) is 0. The molecule has 0 aliphatic rings. The first kappa shape index (κ1) is 13.7. The van der Waals surface area contributed by atoms with Crippen molar-refractivity contribution >= 4 is 5.71 Å². The molecular formula is C16H23N. The van der Waals surface area contributed by atoms with Gasteiger partial charge in [0.05, 0.1) is 5.54 Å². The van der Waals surface area contributed by atoms with Gasteiger partial charge in [0.2, 0.25) is 0 Å². The normalized spacial score (nSPS) is 12.6. The highest BCUT2D eigenvalue weighted by molar-refractivity contribution is 6.00. The second-order valence-electron chi connectivity index (χ2n) is 5.25. The van der Waals surface area contributed by atoms with E-state index < -0.39 is 0 Å². The Labute approximate surface area is 105 Å². The molecule has 0 amide bonds. The van der Waals surface area contributed by atoms with E-state index >= 15 is 0 Å². The quantitative estimate of drug-likeness (QED) is 0.533. The number of aryl methyl sites for hydroxylation is 1. The zero-order chi connectivity index (χ0) is 13.1. The van der Waals surface area contributed by atoms with Crippen LogP contribution in [-0.2, 0) is 0 Å². The highest BCUT2D eigenvalue weighted by Gasteiger charge is 2.15. The maximum absolute atomic E-state index is 4.82. The fourth-order valence-corrected chi connectivity index (χ4v) is 2.06. The molecule has 0 fully saturated rings. The van der Waals surface area contributed by atoms with Crippen LogP contribution in [0.2, 0.25) is 0 Å². The van der Waals surface area contributed by atoms with E-state index in [-0.39, 0.29) is 5.54 Å². The lowest BCUT2D eigenvalue weighted by atomic mass is 9.97. The fourth-order valence-electron chi connectivity index (χ4n) is 2.06. The van der Waals surface area contributed by atoms with Crippen molar-refractivity contribution in [3.8, 4) is 0 Å². The number of hydrogen-bond acceptors (Lipinski definition) is 1. The summed E-state index contributed by atoms with van der Waals surface area (Å²) in [6.07, 6.45) is 2.83. The minimum atomic E-state index is -0.0674. The van der Waals surface area contributed by atoms with Crippen LogP contribution in [0.25, 0.3) is 0 Å². The minimum absolute atomic E-state index is 0.0674. The zero-order valence-electron chi connectivity index (χ0n) is 11.7. The molecule has 0 saturated heterocycles. The number of rotatable bonds is 4. The van der Waals surface area contributed by atoms with E-state index in [4.69, 9.17) is 4.99 Å². The van der Waals surface area contributed by atoms with Crippen LogP contribution in [0.15, 0.2) is 35.8 Å². The number of aliphatic imine (C=N–C) groups is 1. The van der Waals surface area contributed by atoms with Gasteiger partial charge in [0.15, 0.2) is 0 Å². The standard InChI is InChI=1S/C16H23N/c1-7-11-16(5,6)17-14(4)15-10-8-9-12(2)13(15)3/h7-10H,1,11H2,2-6H3. The van der Waals surface area contributed by atoms with Crippen molar-refractivity contribution in [3.05, 3.63) is 47.5 Å². The Kier molecular flexibility index (Phi) is 4.28. The van der Waals surface area contributed by atoms with Crippen molar-refractivity contribution < 1.29 is 0 Å². The lowest BCUT2D eigenvalue weighted by Crippen LogP contribution is -2.18. The SMILES string of the molecule is C=CCC(C)(C)N=C(C)c1cccc(C)c1C. The highest BCUT2D eigenvalue weighted by Crippen LogP contribution is 2.19. The summed E-state index contributed by atoms with van der Waals surface area (Å²) < 4.78 is 0. The maximum atomic E-state index is 4.82. The molecule has 0 heterocycles. The van der Waals surface area contributed by atoms with Crippen molar-refractivity contribution in [2.24, 2.45) is 4.99 Å². The van der Waals surface area contributed by atoms with Gasteiger partial charge in [0, 0.05) is 5.71 Å². The fraction of sp³-hybridized carbons (Fsp3) is 0.438. The third kappa shape index (κ3) is 3.55. The molecule has 1 nitrogen and oxygen atoms in total. The zero-order valence-corrected chi connectivity index (χ0v) is 11.7. The van der Waals surface area contributed by atoms with Crippen molar-refractivity contribution in [1.82, 2.24) is 0 Å². The van der Waals surface area contributed by atoms with E-state index in [0.29, 0.717) is 0 Å². The van der Waals surface area contributed by atoms with E-state index in [1.165, 1.54) is 16.7 Å². The van der Waals surface area contributed by atoms with Gasteiger partial charge in [0.1, 0.15) is 0 Å². The van der Waals surface area contributed by atoms with E-state index in [1.54, 1.807) is 0 Å². The predicted octanol–water partition coefficient (Wildman–Crippen LogP) is 4.47. The van der Waals surface area contributed by atoms with Crippen LogP contribution in [0.1, 0.15) is 43.9 Å². The molecule has 1 aromatic carbocycles. The molecule has 0 aliphatic heterocycles. The van der Waals surface area contributed by atoms with Gasteiger partial charge in [-0.25, -0.2) is 0 Å². The van der Waals surface area contributed by atoms with Gasteiger partial charge in [-0.1, -0.05) is 24.3 Å².